The third kappa shape index (κ3) is 6.11. The number of piperidine rings is 1. The van der Waals surface area contributed by atoms with Crippen LogP contribution in [0.2, 0.25) is 0 Å². The van der Waals surface area contributed by atoms with Crippen molar-refractivity contribution >= 4 is 27.5 Å². The standard InChI is InChI=1S/C28H31N3O5S/c1-20(21-11-5-3-6-12-21)29-27(32)23-13-7-8-14-25(23)30-37(34,35)22-15-16-26(36-2)24(19-22)28(33)31-17-9-4-10-18-31/h3,5-8,11-16,19-20,30H,4,9-10,17-18H2,1-2H3,(H,29,32)/t20-/m1/s1. The molecule has 194 valence electrons. The molecular weight excluding hydrogens is 490 g/mol. The van der Waals surface area contributed by atoms with Gasteiger partial charge in [-0.2, -0.15) is 0 Å². The van der Waals surface area contributed by atoms with Crippen molar-refractivity contribution in [3.05, 3.63) is 89.5 Å². The Balaban J connectivity index is 1.58. The number of sulfonamides is 1. The summed E-state index contributed by atoms with van der Waals surface area (Å²) in [5, 5.41) is 2.91. The van der Waals surface area contributed by atoms with Gasteiger partial charge in [0.15, 0.2) is 0 Å². The number of methoxy groups -OCH3 is 1. The fraction of sp³-hybridized carbons (Fsp3) is 0.286. The summed E-state index contributed by atoms with van der Waals surface area (Å²) in [5.74, 6) is -0.363. The summed E-state index contributed by atoms with van der Waals surface area (Å²) in [6, 6.07) is 19.8. The third-order valence-corrected chi connectivity index (χ3v) is 7.78. The lowest BCUT2D eigenvalue weighted by atomic mass is 10.1. The molecule has 0 aliphatic carbocycles. The van der Waals surface area contributed by atoms with Crippen molar-refractivity contribution in [1.82, 2.24) is 10.2 Å². The summed E-state index contributed by atoms with van der Waals surface area (Å²) in [7, 11) is -2.67. The van der Waals surface area contributed by atoms with Crippen LogP contribution in [0.15, 0.2) is 77.7 Å². The summed E-state index contributed by atoms with van der Waals surface area (Å²) in [4.78, 5) is 27.8. The summed E-state index contributed by atoms with van der Waals surface area (Å²) < 4.78 is 34.6. The van der Waals surface area contributed by atoms with Gasteiger partial charge in [-0.3, -0.25) is 14.3 Å². The van der Waals surface area contributed by atoms with Gasteiger partial charge in [0.2, 0.25) is 0 Å². The predicted molar refractivity (Wildman–Crippen MR) is 142 cm³/mol. The quantitative estimate of drug-likeness (QED) is 0.450. The number of likely N-dealkylation sites (tertiary alicyclic amines) is 1. The van der Waals surface area contributed by atoms with E-state index >= 15 is 0 Å². The monoisotopic (exact) mass is 521 g/mol. The number of nitrogens with one attached hydrogen (secondary N) is 2. The van der Waals surface area contributed by atoms with Crippen LogP contribution in [0.25, 0.3) is 0 Å². The highest BCUT2D eigenvalue weighted by atomic mass is 32.2. The van der Waals surface area contributed by atoms with Crippen molar-refractivity contribution in [2.45, 2.75) is 37.1 Å². The van der Waals surface area contributed by atoms with Gasteiger partial charge in [-0.15, -0.1) is 0 Å². The van der Waals surface area contributed by atoms with Crippen LogP contribution < -0.4 is 14.8 Å². The second kappa shape index (κ2) is 11.5. The van der Waals surface area contributed by atoms with E-state index in [9.17, 15) is 18.0 Å². The number of rotatable bonds is 8. The Hall–Kier alpha value is -3.85. The minimum absolute atomic E-state index is 0.0958. The zero-order valence-corrected chi connectivity index (χ0v) is 21.8. The first-order valence-electron chi connectivity index (χ1n) is 12.2. The molecule has 1 saturated heterocycles. The number of carbonyl (C=O) groups is 2. The second-order valence-electron chi connectivity index (χ2n) is 8.97. The molecule has 0 saturated carbocycles. The van der Waals surface area contributed by atoms with Crippen LogP contribution in [-0.2, 0) is 10.0 Å². The van der Waals surface area contributed by atoms with Crippen molar-refractivity contribution in [3.8, 4) is 5.75 Å². The fourth-order valence-corrected chi connectivity index (χ4v) is 5.47. The highest BCUT2D eigenvalue weighted by molar-refractivity contribution is 7.92. The van der Waals surface area contributed by atoms with Gasteiger partial charge in [0.25, 0.3) is 21.8 Å². The SMILES string of the molecule is COc1ccc(S(=O)(=O)Nc2ccccc2C(=O)N[C@H](C)c2ccccc2)cc1C(=O)N1CCCCC1. The number of carbonyl (C=O) groups excluding carboxylic acids is 2. The average molecular weight is 522 g/mol. The number of hydrogen-bond acceptors (Lipinski definition) is 5. The first-order chi connectivity index (χ1) is 17.8. The van der Waals surface area contributed by atoms with Crippen molar-refractivity contribution in [2.24, 2.45) is 0 Å². The van der Waals surface area contributed by atoms with Crippen LogP contribution in [0.5, 0.6) is 5.75 Å². The van der Waals surface area contributed by atoms with E-state index in [1.807, 2.05) is 37.3 Å². The lowest BCUT2D eigenvalue weighted by Gasteiger charge is -2.27. The smallest absolute Gasteiger partial charge is 0.261 e. The molecule has 1 atom stereocenters. The molecular formula is C28H31N3O5S. The topological polar surface area (TPSA) is 105 Å². The molecule has 1 heterocycles. The summed E-state index contributed by atoms with van der Waals surface area (Å²) in [5.41, 5.74) is 1.44. The average Bonchev–Trinajstić information content (AvgIpc) is 2.93. The second-order valence-corrected chi connectivity index (χ2v) is 10.7. The zero-order valence-electron chi connectivity index (χ0n) is 20.9. The lowest BCUT2D eigenvalue weighted by Crippen LogP contribution is -2.35. The molecule has 4 rings (SSSR count). The van der Waals surface area contributed by atoms with E-state index in [0.29, 0.717) is 18.8 Å². The molecule has 0 radical (unpaired) electrons. The fourth-order valence-electron chi connectivity index (χ4n) is 4.36. The van der Waals surface area contributed by atoms with Crippen LogP contribution in [0.3, 0.4) is 0 Å². The molecule has 0 unspecified atom stereocenters. The number of hydrogen-bond donors (Lipinski definition) is 2. The molecule has 8 nitrogen and oxygen atoms in total. The maximum Gasteiger partial charge on any atom is 0.261 e. The maximum atomic E-state index is 13.4. The van der Waals surface area contributed by atoms with Crippen LogP contribution in [0.4, 0.5) is 5.69 Å². The molecule has 1 aliphatic heterocycles. The number of amides is 2. The lowest BCUT2D eigenvalue weighted by molar-refractivity contribution is 0.0720. The Labute approximate surface area is 217 Å². The number of nitrogens with zero attached hydrogens (tertiary/aromatic N) is 1. The minimum Gasteiger partial charge on any atom is -0.496 e. The van der Waals surface area contributed by atoms with E-state index in [1.165, 1.54) is 31.4 Å². The van der Waals surface area contributed by atoms with E-state index in [2.05, 4.69) is 10.0 Å². The molecule has 3 aromatic carbocycles. The van der Waals surface area contributed by atoms with Crippen LogP contribution in [0, 0.1) is 0 Å². The van der Waals surface area contributed by atoms with Gasteiger partial charge in [0.1, 0.15) is 5.75 Å². The predicted octanol–water partition coefficient (Wildman–Crippen LogP) is 4.61. The van der Waals surface area contributed by atoms with Crippen molar-refractivity contribution in [2.75, 3.05) is 24.9 Å². The molecule has 2 N–H and O–H groups in total. The Morgan fingerprint density at radius 3 is 2.27 bits per heavy atom. The van der Waals surface area contributed by atoms with E-state index in [-0.39, 0.29) is 33.7 Å². The normalized spacial score (nSPS) is 14.5. The highest BCUT2D eigenvalue weighted by Crippen LogP contribution is 2.27. The van der Waals surface area contributed by atoms with Crippen LogP contribution in [0.1, 0.15) is 58.5 Å². The molecule has 0 aromatic heterocycles. The van der Waals surface area contributed by atoms with Gasteiger partial charge >= 0.3 is 0 Å². The van der Waals surface area contributed by atoms with Gasteiger partial charge in [-0.05, 0) is 62.1 Å². The van der Waals surface area contributed by atoms with E-state index in [0.717, 1.165) is 24.8 Å². The highest BCUT2D eigenvalue weighted by Gasteiger charge is 2.25. The Morgan fingerprint density at radius 1 is 0.892 bits per heavy atom. The third-order valence-electron chi connectivity index (χ3n) is 6.42. The van der Waals surface area contributed by atoms with Crippen LogP contribution in [-0.4, -0.2) is 45.3 Å². The van der Waals surface area contributed by atoms with Gasteiger partial charge in [-0.25, -0.2) is 8.42 Å². The van der Waals surface area contributed by atoms with Crippen molar-refractivity contribution < 1.29 is 22.7 Å². The van der Waals surface area contributed by atoms with Gasteiger partial charge in [0, 0.05) is 13.1 Å². The maximum absolute atomic E-state index is 13.4. The Morgan fingerprint density at radius 2 is 1.57 bits per heavy atom. The molecule has 1 fully saturated rings. The van der Waals surface area contributed by atoms with Crippen molar-refractivity contribution in [1.29, 1.82) is 0 Å². The molecule has 1 aliphatic rings. The molecule has 0 spiro atoms. The zero-order chi connectivity index (χ0) is 26.4. The Kier molecular flexibility index (Phi) is 8.13. The minimum atomic E-state index is -4.12. The number of benzene rings is 3. The molecule has 9 heteroatoms. The molecule has 37 heavy (non-hydrogen) atoms. The molecule has 0 bridgehead atoms. The number of anilines is 1. The number of ether oxygens (including phenoxy) is 1. The summed E-state index contributed by atoms with van der Waals surface area (Å²) >= 11 is 0. The largest absolute Gasteiger partial charge is 0.496 e. The molecule has 2 amide bonds. The van der Waals surface area contributed by atoms with Gasteiger partial charge in [-0.1, -0.05) is 42.5 Å². The van der Waals surface area contributed by atoms with E-state index in [1.54, 1.807) is 23.1 Å². The summed E-state index contributed by atoms with van der Waals surface area (Å²) in [6.07, 6.45) is 2.89. The van der Waals surface area contributed by atoms with Crippen molar-refractivity contribution in [3.63, 3.8) is 0 Å². The first kappa shape index (κ1) is 26.2. The van der Waals surface area contributed by atoms with E-state index < -0.39 is 15.9 Å². The number of para-hydroxylation sites is 1. The van der Waals surface area contributed by atoms with Gasteiger partial charge < -0.3 is 15.0 Å². The Bertz CT molecular complexity index is 1370. The van der Waals surface area contributed by atoms with Gasteiger partial charge in [0.05, 0.1) is 34.9 Å². The first-order valence-corrected chi connectivity index (χ1v) is 13.7. The van der Waals surface area contributed by atoms with E-state index in [4.69, 9.17) is 4.74 Å². The molecule has 3 aromatic rings. The van der Waals surface area contributed by atoms with Crippen LogP contribution >= 0.6 is 0 Å². The summed E-state index contributed by atoms with van der Waals surface area (Å²) in [6.45, 7) is 3.11.